The minimum absolute atomic E-state index is 0. The highest BCUT2D eigenvalue weighted by Gasteiger charge is 2.23. The predicted octanol–water partition coefficient (Wildman–Crippen LogP) is 1.67. The van der Waals surface area contributed by atoms with Crippen LogP contribution in [0.4, 0.5) is 10.5 Å². The molecule has 1 aliphatic rings. The highest BCUT2D eigenvalue weighted by atomic mass is 35.5. The van der Waals surface area contributed by atoms with Crippen LogP contribution in [0.1, 0.15) is 6.42 Å². The van der Waals surface area contributed by atoms with Crippen molar-refractivity contribution in [3.05, 3.63) is 30.3 Å². The van der Waals surface area contributed by atoms with Gasteiger partial charge in [0.1, 0.15) is 0 Å². The molecule has 0 saturated carbocycles. The maximum Gasteiger partial charge on any atom is 0.321 e. The molecule has 0 aliphatic carbocycles. The maximum absolute atomic E-state index is 11.7. The number of nitrogens with two attached hydrogens (primary N) is 1. The van der Waals surface area contributed by atoms with Gasteiger partial charge >= 0.3 is 6.03 Å². The normalized spacial score (nSPS) is 19.1. The van der Waals surface area contributed by atoms with Crippen molar-refractivity contribution in [2.75, 3.05) is 18.4 Å². The van der Waals surface area contributed by atoms with E-state index in [9.17, 15) is 4.79 Å². The Morgan fingerprint density at radius 2 is 2.06 bits per heavy atom. The number of amides is 2. The molecule has 1 aromatic rings. The second kappa shape index (κ2) is 5.72. The van der Waals surface area contributed by atoms with E-state index in [4.69, 9.17) is 5.73 Å². The molecular weight excluding hydrogens is 226 g/mol. The van der Waals surface area contributed by atoms with E-state index in [1.54, 1.807) is 4.90 Å². The third-order valence-electron chi connectivity index (χ3n) is 2.54. The summed E-state index contributed by atoms with van der Waals surface area (Å²) in [6, 6.07) is 9.51. The van der Waals surface area contributed by atoms with Crippen LogP contribution in [0.15, 0.2) is 30.3 Å². The second-order valence-corrected chi connectivity index (χ2v) is 3.79. The number of nitrogens with zero attached hydrogens (tertiary/aromatic N) is 1. The first-order chi connectivity index (χ1) is 7.25. The molecule has 1 fully saturated rings. The Hall–Kier alpha value is -1.26. The van der Waals surface area contributed by atoms with Crippen molar-refractivity contribution in [2.45, 2.75) is 12.5 Å². The molecule has 5 heteroatoms. The van der Waals surface area contributed by atoms with Crippen molar-refractivity contribution in [3.63, 3.8) is 0 Å². The van der Waals surface area contributed by atoms with Gasteiger partial charge in [-0.1, -0.05) is 18.2 Å². The largest absolute Gasteiger partial charge is 0.326 e. The number of carbonyl (C=O) groups excluding carboxylic acids is 1. The van der Waals surface area contributed by atoms with Crippen molar-refractivity contribution in [1.29, 1.82) is 0 Å². The summed E-state index contributed by atoms with van der Waals surface area (Å²) in [5, 5.41) is 2.84. The number of rotatable bonds is 1. The lowest BCUT2D eigenvalue weighted by molar-refractivity contribution is 0.222. The molecule has 1 atom stereocenters. The molecule has 3 N–H and O–H groups in total. The molecule has 1 heterocycles. The van der Waals surface area contributed by atoms with Crippen LogP contribution in [-0.2, 0) is 0 Å². The van der Waals surface area contributed by atoms with Gasteiger partial charge < -0.3 is 16.0 Å². The van der Waals surface area contributed by atoms with Gasteiger partial charge in [-0.05, 0) is 18.6 Å². The Morgan fingerprint density at radius 3 is 2.62 bits per heavy atom. The first kappa shape index (κ1) is 12.8. The highest BCUT2D eigenvalue weighted by Crippen LogP contribution is 2.11. The van der Waals surface area contributed by atoms with Crippen molar-refractivity contribution in [3.8, 4) is 0 Å². The summed E-state index contributed by atoms with van der Waals surface area (Å²) in [5.41, 5.74) is 6.56. The average Bonchev–Trinajstić information content (AvgIpc) is 2.66. The Labute approximate surface area is 101 Å². The van der Waals surface area contributed by atoms with Gasteiger partial charge in [-0.3, -0.25) is 0 Å². The molecule has 4 nitrogen and oxygen atoms in total. The van der Waals surface area contributed by atoms with E-state index < -0.39 is 0 Å². The summed E-state index contributed by atoms with van der Waals surface area (Å²) in [4.78, 5) is 13.5. The molecule has 0 spiro atoms. The Balaban J connectivity index is 0.00000128. The second-order valence-electron chi connectivity index (χ2n) is 3.79. The number of halogens is 1. The van der Waals surface area contributed by atoms with E-state index in [1.165, 1.54) is 0 Å². The molecule has 1 aliphatic heterocycles. The molecule has 1 saturated heterocycles. The van der Waals surface area contributed by atoms with E-state index >= 15 is 0 Å². The molecular formula is C11H16ClN3O. The summed E-state index contributed by atoms with van der Waals surface area (Å²) in [5.74, 6) is 0. The first-order valence-electron chi connectivity index (χ1n) is 5.12. The van der Waals surface area contributed by atoms with Gasteiger partial charge in [-0.25, -0.2) is 4.79 Å². The number of nitrogens with one attached hydrogen (secondary N) is 1. The lowest BCUT2D eigenvalue weighted by Crippen LogP contribution is -2.35. The molecule has 1 aromatic carbocycles. The van der Waals surface area contributed by atoms with Crippen molar-refractivity contribution in [1.82, 2.24) is 4.90 Å². The van der Waals surface area contributed by atoms with Crippen molar-refractivity contribution < 1.29 is 4.79 Å². The summed E-state index contributed by atoms with van der Waals surface area (Å²) in [6.07, 6.45) is 0.891. The summed E-state index contributed by atoms with van der Waals surface area (Å²) >= 11 is 0. The fourth-order valence-electron chi connectivity index (χ4n) is 1.70. The summed E-state index contributed by atoms with van der Waals surface area (Å²) in [7, 11) is 0. The standard InChI is InChI=1S/C11H15N3O.ClH/c12-9-6-7-14(8-9)11(15)13-10-4-2-1-3-5-10;/h1-5,9H,6-8,12H2,(H,13,15);1H/t9-;/m0./s1. The van der Waals surface area contributed by atoms with Crippen LogP contribution in [0.25, 0.3) is 0 Å². The van der Waals surface area contributed by atoms with Gasteiger partial charge in [0.25, 0.3) is 0 Å². The zero-order chi connectivity index (χ0) is 10.7. The SMILES string of the molecule is Cl.N[C@H]1CCN(C(=O)Nc2ccccc2)C1. The number of anilines is 1. The smallest absolute Gasteiger partial charge is 0.321 e. The van der Waals surface area contributed by atoms with E-state index in [2.05, 4.69) is 5.32 Å². The topological polar surface area (TPSA) is 58.4 Å². The number of para-hydroxylation sites is 1. The summed E-state index contributed by atoms with van der Waals surface area (Å²) in [6.45, 7) is 1.40. The minimum atomic E-state index is -0.0610. The predicted molar refractivity (Wildman–Crippen MR) is 66.9 cm³/mol. The molecule has 0 radical (unpaired) electrons. The van der Waals surface area contributed by atoms with Crippen LogP contribution in [0.2, 0.25) is 0 Å². The molecule has 2 rings (SSSR count). The fourth-order valence-corrected chi connectivity index (χ4v) is 1.70. The van der Waals surface area contributed by atoms with E-state index in [1.807, 2.05) is 30.3 Å². The quantitative estimate of drug-likeness (QED) is 0.786. The van der Waals surface area contributed by atoms with Crippen LogP contribution in [0, 0.1) is 0 Å². The van der Waals surface area contributed by atoms with Crippen LogP contribution in [0.5, 0.6) is 0 Å². The van der Waals surface area contributed by atoms with Crippen molar-refractivity contribution >= 4 is 24.1 Å². The lowest BCUT2D eigenvalue weighted by Gasteiger charge is -2.16. The number of hydrogen-bond donors (Lipinski definition) is 2. The number of likely N-dealkylation sites (tertiary alicyclic amines) is 1. The van der Waals surface area contributed by atoms with Gasteiger partial charge in [-0.15, -0.1) is 12.4 Å². The van der Waals surface area contributed by atoms with Crippen molar-refractivity contribution in [2.24, 2.45) is 5.73 Å². The third kappa shape index (κ3) is 3.12. The van der Waals surface area contributed by atoms with Crippen LogP contribution < -0.4 is 11.1 Å². The number of hydrogen-bond acceptors (Lipinski definition) is 2. The van der Waals surface area contributed by atoms with E-state index in [0.29, 0.717) is 6.54 Å². The first-order valence-corrected chi connectivity index (χ1v) is 5.12. The number of benzene rings is 1. The molecule has 88 valence electrons. The van der Waals surface area contributed by atoms with Gasteiger partial charge in [0.2, 0.25) is 0 Å². The Kier molecular flexibility index (Phi) is 4.58. The van der Waals surface area contributed by atoms with Gasteiger partial charge in [0, 0.05) is 24.8 Å². The average molecular weight is 242 g/mol. The minimum Gasteiger partial charge on any atom is -0.326 e. The fraction of sp³-hybridized carbons (Fsp3) is 0.364. The van der Waals surface area contributed by atoms with Gasteiger partial charge in [-0.2, -0.15) is 0 Å². The zero-order valence-corrected chi connectivity index (χ0v) is 9.74. The highest BCUT2D eigenvalue weighted by molar-refractivity contribution is 5.89. The van der Waals surface area contributed by atoms with Crippen LogP contribution >= 0.6 is 12.4 Å². The molecule has 0 bridgehead atoms. The van der Waals surface area contributed by atoms with Crippen LogP contribution in [-0.4, -0.2) is 30.1 Å². The third-order valence-corrected chi connectivity index (χ3v) is 2.54. The molecule has 0 aromatic heterocycles. The monoisotopic (exact) mass is 241 g/mol. The molecule has 0 unspecified atom stereocenters. The Morgan fingerprint density at radius 1 is 1.38 bits per heavy atom. The Bertz CT molecular complexity index is 344. The summed E-state index contributed by atoms with van der Waals surface area (Å²) < 4.78 is 0. The van der Waals surface area contributed by atoms with E-state index in [-0.39, 0.29) is 24.5 Å². The van der Waals surface area contributed by atoms with E-state index in [0.717, 1.165) is 18.7 Å². The zero-order valence-electron chi connectivity index (χ0n) is 8.93. The maximum atomic E-state index is 11.7. The molecule has 2 amide bonds. The number of urea groups is 1. The lowest BCUT2D eigenvalue weighted by atomic mass is 10.3. The number of carbonyl (C=O) groups is 1. The van der Waals surface area contributed by atoms with Gasteiger partial charge in [0.05, 0.1) is 0 Å². The van der Waals surface area contributed by atoms with Gasteiger partial charge in [0.15, 0.2) is 0 Å². The van der Waals surface area contributed by atoms with Crippen LogP contribution in [0.3, 0.4) is 0 Å². The molecule has 16 heavy (non-hydrogen) atoms.